The highest BCUT2D eigenvalue weighted by Gasteiger charge is 2.40. The van der Waals surface area contributed by atoms with Gasteiger partial charge < -0.3 is 29.6 Å². The Labute approximate surface area is 149 Å². The number of aliphatic hydroxyl groups is 1. The van der Waals surface area contributed by atoms with Gasteiger partial charge in [0.25, 0.3) is 5.91 Å². The molecule has 1 fully saturated rings. The van der Waals surface area contributed by atoms with Crippen molar-refractivity contribution >= 4 is 28.5 Å². The first-order valence-corrected chi connectivity index (χ1v) is 7.73. The fourth-order valence-corrected chi connectivity index (χ4v) is 2.77. The van der Waals surface area contributed by atoms with Crippen LogP contribution >= 0.6 is 0 Å². The minimum Gasteiger partial charge on any atom is -0.479 e. The summed E-state index contributed by atoms with van der Waals surface area (Å²) in [6.45, 7) is -3.40. The summed E-state index contributed by atoms with van der Waals surface area (Å²) in [7, 11) is 0. The average molecular weight is 384 g/mol. The van der Waals surface area contributed by atoms with Crippen molar-refractivity contribution in [3.8, 4) is 5.75 Å². The number of alkyl halides is 2. The average Bonchev–Trinajstić information content (AvgIpc) is 2.60. The lowest BCUT2D eigenvalue weighted by atomic mass is 10.1. The Balaban J connectivity index is 2.07. The molecule has 2 atom stereocenters. The molecule has 2 aromatic rings. The highest BCUT2D eigenvalue weighted by molar-refractivity contribution is 6.02. The van der Waals surface area contributed by atoms with Gasteiger partial charge in [0.15, 0.2) is 18.0 Å². The van der Waals surface area contributed by atoms with Gasteiger partial charge in [-0.2, -0.15) is 8.78 Å². The van der Waals surface area contributed by atoms with Gasteiger partial charge in [-0.15, -0.1) is 0 Å². The number of anilines is 1. The van der Waals surface area contributed by atoms with E-state index < -0.39 is 42.0 Å². The number of aliphatic hydroxyl groups excluding tert-OH is 1. The number of aromatic nitrogens is 1. The van der Waals surface area contributed by atoms with Gasteiger partial charge >= 0.3 is 12.6 Å². The number of aliphatic carboxylic acids is 1. The van der Waals surface area contributed by atoms with Gasteiger partial charge in [-0.1, -0.05) is 0 Å². The summed E-state index contributed by atoms with van der Waals surface area (Å²) in [5, 5.41) is 19.0. The Morgan fingerprint density at radius 2 is 2.07 bits per heavy atom. The van der Waals surface area contributed by atoms with Crippen LogP contribution in [0.3, 0.4) is 0 Å². The summed E-state index contributed by atoms with van der Waals surface area (Å²) in [6.07, 6.45) is -3.81. The first kappa shape index (κ1) is 18.7. The first-order valence-electron chi connectivity index (χ1n) is 7.73. The van der Waals surface area contributed by atoms with Gasteiger partial charge in [0.1, 0.15) is 0 Å². The molecule has 27 heavy (non-hydrogen) atoms. The minimum absolute atomic E-state index is 0.0641. The van der Waals surface area contributed by atoms with Crippen molar-refractivity contribution in [2.75, 3.05) is 18.1 Å². The molecule has 0 radical (unpaired) electrons. The lowest BCUT2D eigenvalue weighted by Gasteiger charge is -2.34. The first-order chi connectivity index (χ1) is 12.8. The normalized spacial score (nSPS) is 18.7. The van der Waals surface area contributed by atoms with Crippen molar-refractivity contribution in [2.24, 2.45) is 0 Å². The number of carbonyl (C=O) groups excluding carboxylic acids is 1. The third kappa shape index (κ3) is 3.73. The highest BCUT2D eigenvalue weighted by atomic mass is 19.3. The Hall–Kier alpha value is -3.05. The Morgan fingerprint density at radius 1 is 1.33 bits per heavy atom. The molecule has 3 rings (SSSR count). The van der Waals surface area contributed by atoms with Crippen LogP contribution in [-0.4, -0.2) is 59.0 Å². The number of aromatic amines is 1. The quantitative estimate of drug-likeness (QED) is 0.676. The van der Waals surface area contributed by atoms with Gasteiger partial charge in [0, 0.05) is 24.1 Å². The van der Waals surface area contributed by atoms with Crippen molar-refractivity contribution in [1.82, 2.24) is 4.98 Å². The van der Waals surface area contributed by atoms with E-state index in [1.165, 1.54) is 18.2 Å². The minimum atomic E-state index is -3.20. The van der Waals surface area contributed by atoms with Crippen molar-refractivity contribution in [3.63, 3.8) is 0 Å². The molecule has 3 N–H and O–H groups in total. The second-order valence-electron chi connectivity index (χ2n) is 5.67. The van der Waals surface area contributed by atoms with E-state index in [-0.39, 0.29) is 24.4 Å². The summed E-state index contributed by atoms with van der Waals surface area (Å²) in [4.78, 5) is 38.4. The summed E-state index contributed by atoms with van der Waals surface area (Å²) in [5.74, 6) is -2.97. The molecule has 0 bridgehead atoms. The molecule has 0 aliphatic carbocycles. The molecular weight excluding hydrogens is 370 g/mol. The molecule has 1 aliphatic rings. The SMILES string of the molecule is O=C(O)[C@H](O)[C@H]1OCCN(c2cc3ccc(=O)[nH]c3cc2OC(F)F)C1=O. The van der Waals surface area contributed by atoms with Crippen LogP contribution in [0, 0.1) is 0 Å². The number of morpholine rings is 1. The van der Waals surface area contributed by atoms with Crippen LogP contribution in [0.25, 0.3) is 10.9 Å². The molecule has 1 aromatic carbocycles. The van der Waals surface area contributed by atoms with E-state index in [9.17, 15) is 28.3 Å². The summed E-state index contributed by atoms with van der Waals surface area (Å²) in [5.41, 5.74) is -0.305. The van der Waals surface area contributed by atoms with E-state index >= 15 is 0 Å². The van der Waals surface area contributed by atoms with Crippen LogP contribution < -0.4 is 15.2 Å². The van der Waals surface area contributed by atoms with Crippen LogP contribution in [-0.2, 0) is 14.3 Å². The zero-order chi connectivity index (χ0) is 19.7. The number of pyridine rings is 1. The topological polar surface area (TPSA) is 129 Å². The van der Waals surface area contributed by atoms with Gasteiger partial charge in [0.2, 0.25) is 5.56 Å². The third-order valence-corrected chi connectivity index (χ3v) is 3.97. The molecule has 0 spiro atoms. The number of hydrogen-bond acceptors (Lipinski definition) is 6. The molecular formula is C16H14F2N2O7. The number of nitrogens with zero attached hydrogens (tertiary/aromatic N) is 1. The zero-order valence-electron chi connectivity index (χ0n) is 13.6. The van der Waals surface area contributed by atoms with Crippen molar-refractivity contribution in [3.05, 3.63) is 34.6 Å². The fraction of sp³-hybridized carbons (Fsp3) is 0.312. The third-order valence-electron chi connectivity index (χ3n) is 3.97. The molecule has 0 unspecified atom stereocenters. The van der Waals surface area contributed by atoms with Gasteiger partial charge in [-0.3, -0.25) is 9.59 Å². The van der Waals surface area contributed by atoms with Gasteiger partial charge in [0.05, 0.1) is 17.8 Å². The number of ether oxygens (including phenoxy) is 2. The summed E-state index contributed by atoms with van der Waals surface area (Å²) < 4.78 is 35.1. The summed E-state index contributed by atoms with van der Waals surface area (Å²) >= 11 is 0. The van der Waals surface area contributed by atoms with E-state index in [1.807, 2.05) is 0 Å². The fourth-order valence-electron chi connectivity index (χ4n) is 2.77. The van der Waals surface area contributed by atoms with Gasteiger partial charge in [-0.05, 0) is 12.1 Å². The van der Waals surface area contributed by atoms with Gasteiger partial charge in [-0.25, -0.2) is 4.79 Å². The van der Waals surface area contributed by atoms with E-state index in [0.717, 1.165) is 11.0 Å². The van der Waals surface area contributed by atoms with E-state index in [1.54, 1.807) is 0 Å². The zero-order valence-corrected chi connectivity index (χ0v) is 13.6. The number of benzene rings is 1. The highest BCUT2D eigenvalue weighted by Crippen LogP contribution is 2.35. The van der Waals surface area contributed by atoms with Crippen LogP contribution in [0.5, 0.6) is 5.75 Å². The lowest BCUT2D eigenvalue weighted by molar-refractivity contribution is -0.163. The number of carboxylic acids is 1. The summed E-state index contributed by atoms with van der Waals surface area (Å²) in [6, 6.07) is 5.14. The number of H-pyrrole nitrogens is 1. The maximum Gasteiger partial charge on any atom is 0.387 e. The molecule has 0 saturated carbocycles. The van der Waals surface area contributed by atoms with Crippen LogP contribution in [0.2, 0.25) is 0 Å². The van der Waals surface area contributed by atoms with E-state index in [2.05, 4.69) is 9.72 Å². The monoisotopic (exact) mass is 384 g/mol. The lowest BCUT2D eigenvalue weighted by Crippen LogP contribution is -2.54. The molecule has 144 valence electrons. The predicted octanol–water partition coefficient (Wildman–Crippen LogP) is 0.307. The van der Waals surface area contributed by atoms with Crippen molar-refractivity contribution < 1.29 is 38.1 Å². The maximum atomic E-state index is 12.8. The second-order valence-corrected chi connectivity index (χ2v) is 5.67. The number of rotatable bonds is 5. The number of nitrogens with one attached hydrogen (secondary N) is 1. The smallest absolute Gasteiger partial charge is 0.387 e. The molecule has 1 aromatic heterocycles. The standard InChI is InChI=1S/C16H14F2N2O7/c17-16(18)27-10-6-8-7(1-2-11(21)19-8)5-9(10)20-3-4-26-13(14(20)23)12(22)15(24)25/h1-2,5-6,12-13,16,22H,3-4H2,(H,19,21)(H,24,25)/t12-,13-/m1/s1. The van der Waals surface area contributed by atoms with Crippen molar-refractivity contribution in [1.29, 1.82) is 0 Å². The van der Waals surface area contributed by atoms with Crippen LogP contribution in [0.4, 0.5) is 14.5 Å². The molecule has 1 saturated heterocycles. The number of amides is 1. The molecule has 1 amide bonds. The Kier molecular flexibility index (Phi) is 5.06. The van der Waals surface area contributed by atoms with Crippen LogP contribution in [0.1, 0.15) is 0 Å². The van der Waals surface area contributed by atoms with E-state index in [0.29, 0.717) is 5.39 Å². The van der Waals surface area contributed by atoms with E-state index in [4.69, 9.17) is 9.84 Å². The molecule has 11 heteroatoms. The maximum absolute atomic E-state index is 12.8. The Morgan fingerprint density at radius 3 is 2.74 bits per heavy atom. The number of carbonyl (C=O) groups is 2. The molecule has 2 heterocycles. The molecule has 9 nitrogen and oxygen atoms in total. The number of fused-ring (bicyclic) bond motifs is 1. The number of carboxylic acid groups (broad SMARTS) is 1. The van der Waals surface area contributed by atoms with Crippen LogP contribution in [0.15, 0.2) is 29.1 Å². The predicted molar refractivity (Wildman–Crippen MR) is 86.9 cm³/mol. The number of halogens is 2. The van der Waals surface area contributed by atoms with Crippen molar-refractivity contribution in [2.45, 2.75) is 18.8 Å². The molecule has 1 aliphatic heterocycles. The Bertz CT molecular complexity index is 946. The second kappa shape index (κ2) is 7.29. The number of hydrogen-bond donors (Lipinski definition) is 3. The largest absolute Gasteiger partial charge is 0.479 e.